The van der Waals surface area contributed by atoms with Gasteiger partial charge in [-0.3, -0.25) is 0 Å². The third kappa shape index (κ3) is 4.10. The fourth-order valence-corrected chi connectivity index (χ4v) is 4.91. The summed E-state index contributed by atoms with van der Waals surface area (Å²) in [5.41, 5.74) is 11.5. The lowest BCUT2D eigenvalue weighted by molar-refractivity contribution is 0.0697. The van der Waals surface area contributed by atoms with E-state index in [9.17, 15) is 14.3 Å². The number of nitrogens with zero attached hydrogens (tertiary/aromatic N) is 1. The van der Waals surface area contributed by atoms with Gasteiger partial charge in [-0.15, -0.1) is 0 Å². The van der Waals surface area contributed by atoms with E-state index in [1.54, 1.807) is 42.5 Å². The number of anilines is 1. The topological polar surface area (TPSA) is 101 Å². The van der Waals surface area contributed by atoms with Crippen LogP contribution in [0.3, 0.4) is 0 Å². The SMILES string of the molecule is [B]C(=N)c1cc2c(cc1N)c(-c1ccc(C(=O)O)cc1)c(C1CCOCC1)n2-c1ccc(F)cc1. The lowest BCUT2D eigenvalue weighted by atomic mass is 9.88. The largest absolute Gasteiger partial charge is 0.478 e. The van der Waals surface area contributed by atoms with E-state index in [1.807, 2.05) is 6.07 Å². The molecule has 0 bridgehead atoms. The Balaban J connectivity index is 1.89. The lowest BCUT2D eigenvalue weighted by Crippen LogP contribution is -2.17. The number of halogens is 1. The summed E-state index contributed by atoms with van der Waals surface area (Å²) < 4.78 is 21.5. The number of aromatic nitrogens is 1. The Morgan fingerprint density at radius 3 is 2.34 bits per heavy atom. The molecule has 0 spiro atoms. The molecule has 5 rings (SSSR count). The summed E-state index contributed by atoms with van der Waals surface area (Å²) >= 11 is 0. The Labute approximate surface area is 203 Å². The van der Waals surface area contributed by atoms with E-state index in [1.165, 1.54) is 12.1 Å². The highest BCUT2D eigenvalue weighted by atomic mass is 19.1. The summed E-state index contributed by atoms with van der Waals surface area (Å²) in [6.07, 6.45) is 1.60. The molecular weight excluding hydrogens is 444 g/mol. The maximum absolute atomic E-state index is 13.8. The van der Waals surface area contributed by atoms with E-state index in [2.05, 4.69) is 4.57 Å². The van der Waals surface area contributed by atoms with Crippen LogP contribution in [0.15, 0.2) is 60.7 Å². The molecule has 1 saturated heterocycles. The highest BCUT2D eigenvalue weighted by Gasteiger charge is 2.28. The lowest BCUT2D eigenvalue weighted by Gasteiger charge is -2.26. The van der Waals surface area contributed by atoms with Crippen LogP contribution in [0, 0.1) is 11.2 Å². The van der Waals surface area contributed by atoms with Crippen molar-refractivity contribution in [2.45, 2.75) is 18.8 Å². The number of benzene rings is 3. The number of ether oxygens (including phenoxy) is 1. The normalized spacial score (nSPS) is 14.3. The van der Waals surface area contributed by atoms with Gasteiger partial charge in [0.15, 0.2) is 0 Å². The molecule has 1 aromatic heterocycles. The minimum Gasteiger partial charge on any atom is -0.478 e. The van der Waals surface area contributed by atoms with Gasteiger partial charge in [0.25, 0.3) is 0 Å². The van der Waals surface area contributed by atoms with Crippen LogP contribution in [-0.4, -0.2) is 42.3 Å². The quantitative estimate of drug-likeness (QED) is 0.216. The van der Waals surface area contributed by atoms with Crippen molar-refractivity contribution in [1.82, 2.24) is 4.57 Å². The molecule has 0 unspecified atom stereocenters. The highest BCUT2D eigenvalue weighted by Crippen LogP contribution is 2.44. The summed E-state index contributed by atoms with van der Waals surface area (Å²) in [7, 11) is 5.83. The van der Waals surface area contributed by atoms with Crippen LogP contribution in [-0.2, 0) is 4.74 Å². The summed E-state index contributed by atoms with van der Waals surface area (Å²) in [5.74, 6) is -1.20. The number of carbonyl (C=O) groups is 1. The summed E-state index contributed by atoms with van der Waals surface area (Å²) in [6.45, 7) is 1.24. The van der Waals surface area contributed by atoms with E-state index in [0.29, 0.717) is 24.5 Å². The number of nitrogens with two attached hydrogens (primary N) is 1. The van der Waals surface area contributed by atoms with Gasteiger partial charge in [-0.2, -0.15) is 0 Å². The number of hydrogen-bond acceptors (Lipinski definition) is 4. The first kappa shape index (κ1) is 22.9. The zero-order chi connectivity index (χ0) is 24.7. The second kappa shape index (κ2) is 9.04. The van der Waals surface area contributed by atoms with Gasteiger partial charge < -0.3 is 25.6 Å². The monoisotopic (exact) mass is 467 g/mol. The molecule has 2 radical (unpaired) electrons. The van der Waals surface area contributed by atoms with Gasteiger partial charge in [0.05, 0.1) is 11.1 Å². The molecule has 0 aliphatic carbocycles. The van der Waals surface area contributed by atoms with Gasteiger partial charge >= 0.3 is 5.97 Å². The Kier molecular flexibility index (Phi) is 5.90. The molecule has 8 heteroatoms. The summed E-state index contributed by atoms with van der Waals surface area (Å²) in [5, 5.41) is 18.2. The van der Waals surface area contributed by atoms with E-state index in [-0.39, 0.29) is 22.9 Å². The molecule has 1 aliphatic rings. The number of carboxylic acids is 1. The zero-order valence-electron chi connectivity index (χ0n) is 18.9. The summed E-state index contributed by atoms with van der Waals surface area (Å²) in [6, 6.07) is 16.6. The minimum absolute atomic E-state index is 0.136. The average molecular weight is 467 g/mol. The zero-order valence-corrected chi connectivity index (χ0v) is 18.9. The van der Waals surface area contributed by atoms with Gasteiger partial charge in [-0.1, -0.05) is 12.1 Å². The van der Waals surface area contributed by atoms with Crippen molar-refractivity contribution in [1.29, 1.82) is 5.41 Å². The van der Waals surface area contributed by atoms with Crippen molar-refractivity contribution < 1.29 is 19.0 Å². The van der Waals surface area contributed by atoms with E-state index >= 15 is 0 Å². The van der Waals surface area contributed by atoms with Gasteiger partial charge in [-0.25, -0.2) is 9.18 Å². The minimum atomic E-state index is -0.995. The molecular formula is C27H23BFN3O3. The van der Waals surface area contributed by atoms with Crippen LogP contribution < -0.4 is 5.73 Å². The van der Waals surface area contributed by atoms with Crippen LogP contribution in [0.1, 0.15) is 40.4 Å². The van der Waals surface area contributed by atoms with Crippen molar-refractivity contribution in [3.05, 3.63) is 83.3 Å². The predicted octanol–water partition coefficient (Wildman–Crippen LogP) is 5.10. The van der Waals surface area contributed by atoms with Crippen molar-refractivity contribution in [2.24, 2.45) is 0 Å². The molecule has 1 fully saturated rings. The van der Waals surface area contributed by atoms with Crippen molar-refractivity contribution >= 4 is 36.0 Å². The molecule has 1 aliphatic heterocycles. The second-order valence-electron chi connectivity index (χ2n) is 8.71. The smallest absolute Gasteiger partial charge is 0.335 e. The average Bonchev–Trinajstić information content (AvgIpc) is 3.18. The third-order valence-electron chi connectivity index (χ3n) is 6.58. The predicted molar refractivity (Wildman–Crippen MR) is 135 cm³/mol. The van der Waals surface area contributed by atoms with Crippen LogP contribution in [0.2, 0.25) is 0 Å². The first-order valence-electron chi connectivity index (χ1n) is 11.3. The third-order valence-corrected chi connectivity index (χ3v) is 6.58. The van der Waals surface area contributed by atoms with E-state index in [4.69, 9.17) is 23.7 Å². The van der Waals surface area contributed by atoms with E-state index < -0.39 is 5.97 Å². The molecule has 174 valence electrons. The van der Waals surface area contributed by atoms with Gasteiger partial charge in [0.1, 0.15) is 13.7 Å². The molecule has 35 heavy (non-hydrogen) atoms. The van der Waals surface area contributed by atoms with Crippen LogP contribution in [0.5, 0.6) is 0 Å². The molecule has 3 aromatic carbocycles. The number of nitrogen functional groups attached to an aromatic ring is 1. The Bertz CT molecular complexity index is 1440. The van der Waals surface area contributed by atoms with Gasteiger partial charge in [0, 0.05) is 52.7 Å². The molecule has 6 nitrogen and oxygen atoms in total. The number of fused-ring (bicyclic) bond motifs is 1. The van der Waals surface area contributed by atoms with Gasteiger partial charge in [-0.05, 0) is 72.5 Å². The highest BCUT2D eigenvalue weighted by molar-refractivity contribution is 6.64. The molecule has 2 heterocycles. The number of carboxylic acid groups (broad SMARTS) is 1. The maximum Gasteiger partial charge on any atom is 0.335 e. The molecule has 0 saturated carbocycles. The van der Waals surface area contributed by atoms with Crippen molar-refractivity contribution in [3.8, 4) is 16.8 Å². The fraction of sp³-hybridized carbons (Fsp3) is 0.185. The number of hydrogen-bond donors (Lipinski definition) is 3. The first-order valence-corrected chi connectivity index (χ1v) is 11.3. The molecule has 0 atom stereocenters. The van der Waals surface area contributed by atoms with Crippen molar-refractivity contribution in [2.75, 3.05) is 18.9 Å². The summed E-state index contributed by atoms with van der Waals surface area (Å²) in [4.78, 5) is 11.4. The fourth-order valence-electron chi connectivity index (χ4n) is 4.91. The first-order chi connectivity index (χ1) is 16.8. The standard InChI is InChI=1S/C27H23BFN3O3/c28-26(31)20-14-23-21(13-22(20)30)24(15-1-3-17(4-2-15)27(33)34)25(16-9-11-35-12-10-16)32(23)19-7-5-18(29)6-8-19/h1-8,13-14,16,31H,9-12,30H2,(H,33,34). The second-order valence-corrected chi connectivity index (χ2v) is 8.71. The number of rotatable bonds is 5. The van der Waals surface area contributed by atoms with Crippen molar-refractivity contribution in [3.63, 3.8) is 0 Å². The van der Waals surface area contributed by atoms with Crippen LogP contribution in [0.25, 0.3) is 27.7 Å². The number of aromatic carboxylic acids is 1. The Morgan fingerprint density at radius 1 is 1.09 bits per heavy atom. The van der Waals surface area contributed by atoms with Gasteiger partial charge in [0.2, 0.25) is 0 Å². The molecule has 0 amide bonds. The van der Waals surface area contributed by atoms with E-state index in [0.717, 1.165) is 46.3 Å². The number of nitrogens with one attached hydrogen (secondary N) is 1. The maximum atomic E-state index is 13.8. The molecule has 4 aromatic rings. The van der Waals surface area contributed by atoms with Crippen LogP contribution >= 0.6 is 0 Å². The molecule has 4 N–H and O–H groups in total. The van der Waals surface area contributed by atoms with Crippen LogP contribution in [0.4, 0.5) is 10.1 Å². The Hall–Kier alpha value is -3.91. The Morgan fingerprint density at radius 2 is 1.74 bits per heavy atom.